The minimum atomic E-state index is -1.31. The minimum Gasteiger partial charge on any atom is -0.481 e. The molecule has 0 fully saturated rings. The van der Waals surface area contributed by atoms with Crippen LogP contribution in [-0.2, 0) is 16.0 Å². The van der Waals surface area contributed by atoms with E-state index in [1.807, 2.05) is 24.3 Å². The van der Waals surface area contributed by atoms with Crippen LogP contribution in [-0.4, -0.2) is 38.4 Å². The van der Waals surface area contributed by atoms with E-state index >= 15 is 0 Å². The molecule has 0 aliphatic heterocycles. The second-order valence-electron chi connectivity index (χ2n) is 4.85. The van der Waals surface area contributed by atoms with Gasteiger partial charge in [0.05, 0.1) is 5.92 Å². The summed E-state index contributed by atoms with van der Waals surface area (Å²) >= 11 is 0. The third kappa shape index (κ3) is 3.39. The molecule has 0 aliphatic carbocycles. The van der Waals surface area contributed by atoms with Gasteiger partial charge in [-0.05, 0) is 24.5 Å². The van der Waals surface area contributed by atoms with Crippen LogP contribution in [0.3, 0.4) is 0 Å². The lowest BCUT2D eigenvalue weighted by molar-refractivity contribution is -0.146. The molecule has 1 aromatic heterocycles. The van der Waals surface area contributed by atoms with Crippen molar-refractivity contribution in [2.24, 2.45) is 5.92 Å². The van der Waals surface area contributed by atoms with Crippen LogP contribution in [0, 0.1) is 5.92 Å². The number of hydroxylamine groups is 1. The molecule has 0 amide bonds. The van der Waals surface area contributed by atoms with Crippen LogP contribution < -0.4 is 5.48 Å². The minimum absolute atomic E-state index is 0.185. The summed E-state index contributed by atoms with van der Waals surface area (Å²) in [4.78, 5) is 25.3. The standard InChI is InChI=1S/C14H16N2O5/c17-13(18)8(6-12(16-21)14(19)20)5-9-7-15-11-4-2-1-3-10(9)11/h1-4,7-8,12,15-16,21H,5-6H2,(H,17,18)(H,19,20)/t8?,12-/m0/s1. The Labute approximate surface area is 120 Å². The molecule has 2 aromatic rings. The molecule has 7 heteroatoms. The van der Waals surface area contributed by atoms with E-state index < -0.39 is 23.9 Å². The highest BCUT2D eigenvalue weighted by Gasteiger charge is 2.27. The van der Waals surface area contributed by atoms with Gasteiger partial charge >= 0.3 is 11.9 Å². The van der Waals surface area contributed by atoms with Crippen molar-refractivity contribution in [3.05, 3.63) is 36.0 Å². The molecule has 0 saturated carbocycles. The topological polar surface area (TPSA) is 123 Å². The van der Waals surface area contributed by atoms with Crippen LogP contribution >= 0.6 is 0 Å². The summed E-state index contributed by atoms with van der Waals surface area (Å²) in [5.41, 5.74) is 3.33. The lowest BCUT2D eigenvalue weighted by Gasteiger charge is -2.16. The Morgan fingerprint density at radius 2 is 1.90 bits per heavy atom. The summed E-state index contributed by atoms with van der Waals surface area (Å²) in [6.45, 7) is 0. The maximum absolute atomic E-state index is 11.3. The second kappa shape index (κ2) is 6.38. The molecule has 2 rings (SSSR count). The van der Waals surface area contributed by atoms with Crippen molar-refractivity contribution < 1.29 is 25.0 Å². The number of nitrogens with one attached hydrogen (secondary N) is 2. The Kier molecular flexibility index (Phi) is 4.56. The molecule has 0 saturated heterocycles. The van der Waals surface area contributed by atoms with E-state index in [0.29, 0.717) is 0 Å². The van der Waals surface area contributed by atoms with Crippen LogP contribution in [0.4, 0.5) is 0 Å². The van der Waals surface area contributed by atoms with Crippen molar-refractivity contribution >= 4 is 22.8 Å². The van der Waals surface area contributed by atoms with Crippen molar-refractivity contribution in [3.8, 4) is 0 Å². The predicted octanol–water partition coefficient (Wildman–Crippen LogP) is 1.23. The van der Waals surface area contributed by atoms with E-state index in [-0.39, 0.29) is 12.8 Å². The number of fused-ring (bicyclic) bond motifs is 1. The van der Waals surface area contributed by atoms with E-state index in [2.05, 4.69) is 4.98 Å². The van der Waals surface area contributed by atoms with Gasteiger partial charge in [0.2, 0.25) is 0 Å². The summed E-state index contributed by atoms with van der Waals surface area (Å²) in [7, 11) is 0. The number of hydrogen-bond donors (Lipinski definition) is 5. The Hall–Kier alpha value is -2.38. The predicted molar refractivity (Wildman–Crippen MR) is 74.1 cm³/mol. The summed E-state index contributed by atoms with van der Waals surface area (Å²) in [5.74, 6) is -3.30. The molecule has 1 aromatic carbocycles. The molecule has 1 unspecified atom stereocenters. The molecular formula is C14H16N2O5. The maximum atomic E-state index is 11.3. The number of benzene rings is 1. The van der Waals surface area contributed by atoms with Crippen molar-refractivity contribution in [2.75, 3.05) is 0 Å². The van der Waals surface area contributed by atoms with Crippen LogP contribution in [0.2, 0.25) is 0 Å². The molecular weight excluding hydrogens is 276 g/mol. The van der Waals surface area contributed by atoms with Gasteiger partial charge in [-0.25, -0.2) is 0 Å². The zero-order valence-electron chi connectivity index (χ0n) is 11.1. The van der Waals surface area contributed by atoms with Gasteiger partial charge in [0.15, 0.2) is 0 Å². The fourth-order valence-corrected chi connectivity index (χ4v) is 2.33. The number of H-pyrrole nitrogens is 1. The van der Waals surface area contributed by atoms with Crippen molar-refractivity contribution in [3.63, 3.8) is 0 Å². The molecule has 1 heterocycles. The molecule has 21 heavy (non-hydrogen) atoms. The van der Waals surface area contributed by atoms with Crippen LogP contribution in [0.15, 0.2) is 30.5 Å². The highest BCUT2D eigenvalue weighted by atomic mass is 16.5. The van der Waals surface area contributed by atoms with E-state index in [9.17, 15) is 14.7 Å². The van der Waals surface area contributed by atoms with Crippen molar-refractivity contribution in [1.82, 2.24) is 10.5 Å². The number of rotatable bonds is 7. The van der Waals surface area contributed by atoms with Gasteiger partial charge in [0.25, 0.3) is 0 Å². The highest BCUT2D eigenvalue weighted by molar-refractivity contribution is 5.84. The second-order valence-corrected chi connectivity index (χ2v) is 4.85. The third-order valence-corrected chi connectivity index (χ3v) is 3.46. The Balaban J connectivity index is 2.20. The summed E-state index contributed by atoms with van der Waals surface area (Å²) in [6, 6.07) is 6.16. The lowest BCUT2D eigenvalue weighted by Crippen LogP contribution is -2.38. The molecule has 5 N–H and O–H groups in total. The van der Waals surface area contributed by atoms with Gasteiger partial charge in [-0.15, -0.1) is 0 Å². The monoisotopic (exact) mass is 292 g/mol. The lowest BCUT2D eigenvalue weighted by atomic mass is 9.93. The Morgan fingerprint density at radius 3 is 2.52 bits per heavy atom. The normalized spacial score (nSPS) is 14.0. The fourth-order valence-electron chi connectivity index (χ4n) is 2.33. The SMILES string of the molecule is O=C(O)C(Cc1c[nH]c2ccccc12)C[C@H](NO)C(=O)O. The molecule has 0 aliphatic rings. The van der Waals surface area contributed by atoms with E-state index in [1.165, 1.54) is 0 Å². The zero-order chi connectivity index (χ0) is 15.4. The van der Waals surface area contributed by atoms with Gasteiger partial charge in [0.1, 0.15) is 6.04 Å². The third-order valence-electron chi connectivity index (χ3n) is 3.46. The average Bonchev–Trinajstić information content (AvgIpc) is 2.86. The average molecular weight is 292 g/mol. The molecule has 7 nitrogen and oxygen atoms in total. The first-order valence-electron chi connectivity index (χ1n) is 6.43. The quantitative estimate of drug-likeness (QED) is 0.489. The number of carboxylic acid groups (broad SMARTS) is 2. The number of aromatic amines is 1. The zero-order valence-corrected chi connectivity index (χ0v) is 11.1. The first-order valence-corrected chi connectivity index (χ1v) is 6.43. The molecule has 0 spiro atoms. The van der Waals surface area contributed by atoms with Gasteiger partial charge in [-0.1, -0.05) is 18.2 Å². The van der Waals surface area contributed by atoms with Crippen molar-refractivity contribution in [1.29, 1.82) is 0 Å². The van der Waals surface area contributed by atoms with Gasteiger partial charge in [-0.2, -0.15) is 5.48 Å². The maximum Gasteiger partial charge on any atom is 0.323 e. The number of aliphatic carboxylic acids is 2. The van der Waals surface area contributed by atoms with Gasteiger partial charge in [0, 0.05) is 17.1 Å². The molecule has 0 radical (unpaired) electrons. The number of carbonyl (C=O) groups is 2. The largest absolute Gasteiger partial charge is 0.481 e. The highest BCUT2D eigenvalue weighted by Crippen LogP contribution is 2.23. The Morgan fingerprint density at radius 1 is 1.19 bits per heavy atom. The number of para-hydroxylation sites is 1. The van der Waals surface area contributed by atoms with Crippen LogP contribution in [0.25, 0.3) is 10.9 Å². The van der Waals surface area contributed by atoms with Gasteiger partial charge in [-0.3, -0.25) is 9.59 Å². The van der Waals surface area contributed by atoms with E-state index in [0.717, 1.165) is 16.5 Å². The summed E-state index contributed by atoms with van der Waals surface area (Å²) < 4.78 is 0. The number of aromatic nitrogens is 1. The molecule has 112 valence electrons. The Bertz CT molecular complexity index is 652. The summed E-state index contributed by atoms with van der Waals surface area (Å²) in [5, 5.41) is 27.8. The first-order chi connectivity index (χ1) is 10.0. The van der Waals surface area contributed by atoms with Gasteiger partial charge < -0.3 is 20.4 Å². The first kappa shape index (κ1) is 15.0. The van der Waals surface area contributed by atoms with Crippen LogP contribution in [0.5, 0.6) is 0 Å². The smallest absolute Gasteiger partial charge is 0.323 e. The number of carboxylic acids is 2. The van der Waals surface area contributed by atoms with Crippen LogP contribution in [0.1, 0.15) is 12.0 Å². The number of hydrogen-bond acceptors (Lipinski definition) is 4. The molecule has 0 bridgehead atoms. The van der Waals surface area contributed by atoms with E-state index in [4.69, 9.17) is 10.3 Å². The van der Waals surface area contributed by atoms with Crippen molar-refractivity contribution in [2.45, 2.75) is 18.9 Å². The van der Waals surface area contributed by atoms with E-state index in [1.54, 1.807) is 11.7 Å². The summed E-state index contributed by atoms with van der Waals surface area (Å²) in [6.07, 6.45) is 1.70. The fraction of sp³-hybridized carbons (Fsp3) is 0.286. The molecule has 2 atom stereocenters.